The highest BCUT2D eigenvalue weighted by atomic mass is 35.5. The lowest BCUT2D eigenvalue weighted by molar-refractivity contribution is -0.0627. The van der Waals surface area contributed by atoms with Crippen LogP contribution in [0, 0.1) is 12.3 Å². The molecule has 0 amide bonds. The van der Waals surface area contributed by atoms with Gasteiger partial charge in [-0.15, -0.1) is 6.42 Å². The van der Waals surface area contributed by atoms with Crippen LogP contribution in [0.15, 0.2) is 30.9 Å². The van der Waals surface area contributed by atoms with E-state index >= 15 is 0 Å². The van der Waals surface area contributed by atoms with Gasteiger partial charge in [-0.2, -0.15) is 0 Å². The number of rotatable bonds is 1. The number of aliphatic hydroxyl groups is 2. The molecule has 2 N–H and O–H groups in total. The zero-order valence-corrected chi connectivity index (χ0v) is 10.9. The van der Waals surface area contributed by atoms with E-state index in [4.69, 9.17) is 22.8 Å². The Hall–Kier alpha value is -2.07. The van der Waals surface area contributed by atoms with Gasteiger partial charge in [0, 0.05) is 6.20 Å². The number of terminal acetylenes is 1. The molecule has 3 atom stereocenters. The molecule has 0 saturated carbocycles. The van der Waals surface area contributed by atoms with E-state index in [1.807, 2.05) is 0 Å². The Morgan fingerprint density at radius 2 is 2.30 bits per heavy atom. The maximum atomic E-state index is 10.4. The SMILES string of the molecule is C#C[C@@]1(O)[C@H](O)C(=C)O[C@H]1n1ccc2c(Cl)ncnc21. The first kappa shape index (κ1) is 12.9. The highest BCUT2D eigenvalue weighted by molar-refractivity contribution is 6.33. The molecular weight excluding hydrogens is 282 g/mol. The van der Waals surface area contributed by atoms with Gasteiger partial charge in [0.25, 0.3) is 0 Å². The Balaban J connectivity index is 2.19. The van der Waals surface area contributed by atoms with Gasteiger partial charge in [-0.3, -0.25) is 4.57 Å². The molecule has 102 valence electrons. The maximum Gasteiger partial charge on any atom is 0.220 e. The fraction of sp³-hybridized carbons (Fsp3) is 0.231. The first-order chi connectivity index (χ1) is 9.49. The van der Waals surface area contributed by atoms with Crippen LogP contribution >= 0.6 is 11.6 Å². The predicted octanol–water partition coefficient (Wildman–Crippen LogP) is 0.852. The molecule has 7 heteroatoms. The van der Waals surface area contributed by atoms with E-state index in [0.29, 0.717) is 11.0 Å². The van der Waals surface area contributed by atoms with Crippen molar-refractivity contribution < 1.29 is 14.9 Å². The van der Waals surface area contributed by atoms with E-state index in [9.17, 15) is 10.2 Å². The lowest BCUT2D eigenvalue weighted by atomic mass is 9.97. The lowest BCUT2D eigenvalue weighted by Gasteiger charge is -2.25. The smallest absolute Gasteiger partial charge is 0.220 e. The summed E-state index contributed by atoms with van der Waals surface area (Å²) in [4.78, 5) is 7.96. The van der Waals surface area contributed by atoms with Gasteiger partial charge in [-0.05, 0) is 6.07 Å². The van der Waals surface area contributed by atoms with E-state index in [1.165, 1.54) is 10.9 Å². The van der Waals surface area contributed by atoms with Crippen LogP contribution in [-0.2, 0) is 4.74 Å². The number of fused-ring (bicyclic) bond motifs is 1. The third-order valence-electron chi connectivity index (χ3n) is 3.31. The molecule has 1 fully saturated rings. The Bertz CT molecular complexity index is 751. The summed E-state index contributed by atoms with van der Waals surface area (Å²) >= 11 is 5.96. The van der Waals surface area contributed by atoms with Crippen molar-refractivity contribution in [2.24, 2.45) is 0 Å². The number of aromatic nitrogens is 3. The standard InChI is InChI=1S/C13H10ClN3O3/c1-3-13(19)9(18)7(2)20-12(13)17-5-4-8-10(14)15-6-16-11(8)17/h1,4-6,9,12,18-19H,2H2/t9-,12-,13-/m1/s1. The van der Waals surface area contributed by atoms with Gasteiger partial charge in [0.1, 0.15) is 22.9 Å². The third kappa shape index (κ3) is 1.55. The zero-order valence-electron chi connectivity index (χ0n) is 10.2. The second-order valence-electron chi connectivity index (χ2n) is 4.43. The summed E-state index contributed by atoms with van der Waals surface area (Å²) in [5.74, 6) is 2.16. The first-order valence-corrected chi connectivity index (χ1v) is 6.07. The van der Waals surface area contributed by atoms with Crippen molar-refractivity contribution in [1.82, 2.24) is 14.5 Å². The van der Waals surface area contributed by atoms with E-state index in [0.717, 1.165) is 0 Å². The summed E-state index contributed by atoms with van der Waals surface area (Å²) in [5, 5.41) is 21.2. The minimum Gasteiger partial charge on any atom is -0.468 e. The summed E-state index contributed by atoms with van der Waals surface area (Å²) in [6, 6.07) is 1.67. The average Bonchev–Trinajstić information content (AvgIpc) is 2.96. The van der Waals surface area contributed by atoms with Crippen molar-refractivity contribution in [2.45, 2.75) is 17.9 Å². The second kappa shape index (κ2) is 4.21. The number of hydrogen-bond acceptors (Lipinski definition) is 5. The number of ether oxygens (including phenoxy) is 1. The highest BCUT2D eigenvalue weighted by Gasteiger charge is 2.53. The summed E-state index contributed by atoms with van der Waals surface area (Å²) in [7, 11) is 0. The molecule has 3 rings (SSSR count). The Morgan fingerprint density at radius 3 is 3.00 bits per heavy atom. The summed E-state index contributed by atoms with van der Waals surface area (Å²) in [6.45, 7) is 3.54. The third-order valence-corrected chi connectivity index (χ3v) is 3.61. The molecule has 1 aliphatic heterocycles. The Kier molecular flexibility index (Phi) is 2.73. The maximum absolute atomic E-state index is 10.4. The van der Waals surface area contributed by atoms with Crippen LogP contribution < -0.4 is 0 Å². The van der Waals surface area contributed by atoms with Crippen molar-refractivity contribution in [3.63, 3.8) is 0 Å². The Labute approximate surface area is 119 Å². The van der Waals surface area contributed by atoms with Gasteiger partial charge in [0.2, 0.25) is 11.8 Å². The van der Waals surface area contributed by atoms with Gasteiger partial charge >= 0.3 is 0 Å². The molecule has 0 spiro atoms. The first-order valence-electron chi connectivity index (χ1n) is 5.69. The molecule has 2 aromatic heterocycles. The van der Waals surface area contributed by atoms with Gasteiger partial charge < -0.3 is 14.9 Å². The molecule has 1 aliphatic rings. The van der Waals surface area contributed by atoms with E-state index in [1.54, 1.807) is 12.3 Å². The number of hydrogen-bond donors (Lipinski definition) is 2. The molecule has 0 aliphatic carbocycles. The fourth-order valence-electron chi connectivity index (χ4n) is 2.23. The highest BCUT2D eigenvalue weighted by Crippen LogP contribution is 2.41. The van der Waals surface area contributed by atoms with E-state index < -0.39 is 17.9 Å². The van der Waals surface area contributed by atoms with Crippen LogP contribution in [0.5, 0.6) is 0 Å². The van der Waals surface area contributed by atoms with Crippen LogP contribution in [0.4, 0.5) is 0 Å². The predicted molar refractivity (Wildman–Crippen MR) is 71.6 cm³/mol. The number of halogens is 1. The largest absolute Gasteiger partial charge is 0.468 e. The minimum absolute atomic E-state index is 0.00236. The normalized spacial score (nSPS) is 29.4. The van der Waals surface area contributed by atoms with Crippen molar-refractivity contribution in [3.05, 3.63) is 36.1 Å². The molecule has 1 saturated heterocycles. The quantitative estimate of drug-likeness (QED) is 0.601. The van der Waals surface area contributed by atoms with Crippen molar-refractivity contribution >= 4 is 22.6 Å². The fourth-order valence-corrected chi connectivity index (χ4v) is 2.42. The van der Waals surface area contributed by atoms with E-state index in [2.05, 4.69) is 22.5 Å². The van der Waals surface area contributed by atoms with Crippen LogP contribution in [-0.4, -0.2) is 36.5 Å². The molecule has 6 nitrogen and oxygen atoms in total. The molecule has 3 heterocycles. The molecule has 2 aromatic rings. The van der Waals surface area contributed by atoms with Crippen LogP contribution in [0.2, 0.25) is 5.15 Å². The van der Waals surface area contributed by atoms with Crippen LogP contribution in [0.25, 0.3) is 11.0 Å². The van der Waals surface area contributed by atoms with Gasteiger partial charge in [0.05, 0.1) is 5.39 Å². The minimum atomic E-state index is -1.93. The monoisotopic (exact) mass is 291 g/mol. The molecule has 0 unspecified atom stereocenters. The van der Waals surface area contributed by atoms with Crippen LogP contribution in [0.3, 0.4) is 0 Å². The van der Waals surface area contributed by atoms with Crippen molar-refractivity contribution in [2.75, 3.05) is 0 Å². The lowest BCUT2D eigenvalue weighted by Crippen LogP contribution is -2.43. The van der Waals surface area contributed by atoms with Crippen molar-refractivity contribution in [3.8, 4) is 12.3 Å². The van der Waals surface area contributed by atoms with Crippen LogP contribution in [0.1, 0.15) is 6.23 Å². The van der Waals surface area contributed by atoms with E-state index in [-0.39, 0.29) is 10.9 Å². The summed E-state index contributed by atoms with van der Waals surface area (Å²) in [6.07, 6.45) is 5.80. The molecule has 0 bridgehead atoms. The summed E-state index contributed by atoms with van der Waals surface area (Å²) in [5.41, 5.74) is -1.49. The van der Waals surface area contributed by atoms with Crippen molar-refractivity contribution in [1.29, 1.82) is 0 Å². The molecule has 0 radical (unpaired) electrons. The Morgan fingerprint density at radius 1 is 1.55 bits per heavy atom. The second-order valence-corrected chi connectivity index (χ2v) is 4.79. The number of nitrogens with zero attached hydrogens (tertiary/aromatic N) is 3. The topological polar surface area (TPSA) is 80.4 Å². The molecule has 20 heavy (non-hydrogen) atoms. The molecule has 0 aromatic carbocycles. The number of aliphatic hydroxyl groups excluding tert-OH is 1. The van der Waals surface area contributed by atoms with Gasteiger partial charge in [-0.1, -0.05) is 24.1 Å². The van der Waals surface area contributed by atoms with Gasteiger partial charge in [-0.25, -0.2) is 9.97 Å². The van der Waals surface area contributed by atoms with Gasteiger partial charge in [0.15, 0.2) is 6.10 Å². The average molecular weight is 292 g/mol. The molecular formula is C13H10ClN3O3. The zero-order chi connectivity index (χ0) is 14.5. The summed E-state index contributed by atoms with van der Waals surface area (Å²) < 4.78 is 6.89.